The van der Waals surface area contributed by atoms with Crippen molar-refractivity contribution in [2.24, 2.45) is 11.3 Å². The van der Waals surface area contributed by atoms with Gasteiger partial charge in [0.25, 0.3) is 0 Å². The number of carboxylic acids is 1. The number of benzene rings is 2. The van der Waals surface area contributed by atoms with Crippen LogP contribution in [0.2, 0.25) is 0 Å². The van der Waals surface area contributed by atoms with E-state index in [9.17, 15) is 9.90 Å². The zero-order valence-electron chi connectivity index (χ0n) is 21.0. The molecule has 0 spiro atoms. The van der Waals surface area contributed by atoms with E-state index >= 15 is 0 Å². The van der Waals surface area contributed by atoms with Crippen molar-refractivity contribution in [3.63, 3.8) is 0 Å². The minimum Gasteiger partial charge on any atom is -0.496 e. The summed E-state index contributed by atoms with van der Waals surface area (Å²) in [5, 5.41) is 20.9. The lowest BCUT2D eigenvalue weighted by Gasteiger charge is -2.33. The highest BCUT2D eigenvalue weighted by molar-refractivity contribution is 5.70. The molecule has 1 heterocycles. The first-order valence-corrected chi connectivity index (χ1v) is 12.0. The molecule has 0 saturated carbocycles. The van der Waals surface area contributed by atoms with E-state index in [-0.39, 0.29) is 17.8 Å². The normalized spacial score (nSPS) is 15.9. The Morgan fingerprint density at radius 1 is 1.09 bits per heavy atom. The third kappa shape index (κ3) is 5.54. The largest absolute Gasteiger partial charge is 0.496 e. The van der Waals surface area contributed by atoms with Crippen LogP contribution in [0.15, 0.2) is 54.9 Å². The Morgan fingerprint density at radius 3 is 2.23 bits per heavy atom. The molecule has 1 aliphatic rings. The van der Waals surface area contributed by atoms with Crippen molar-refractivity contribution >= 4 is 5.97 Å². The molecule has 0 saturated heterocycles. The summed E-state index contributed by atoms with van der Waals surface area (Å²) in [5.41, 5.74) is 5.18. The average molecular weight is 478 g/mol. The van der Waals surface area contributed by atoms with Crippen molar-refractivity contribution in [1.29, 1.82) is 0 Å². The second-order valence-corrected chi connectivity index (χ2v) is 10.2. The molecule has 0 amide bonds. The van der Waals surface area contributed by atoms with E-state index in [1.807, 2.05) is 42.1 Å². The van der Waals surface area contributed by atoms with E-state index in [1.165, 1.54) is 11.1 Å². The number of aromatic nitrogens is 1. The van der Waals surface area contributed by atoms with Crippen molar-refractivity contribution in [2.75, 3.05) is 14.2 Å². The summed E-state index contributed by atoms with van der Waals surface area (Å²) in [4.78, 5) is 11.1. The number of hydrogen-bond acceptors (Lipinski definition) is 4. The molecule has 0 fully saturated rings. The van der Waals surface area contributed by atoms with Crippen LogP contribution in [0.25, 0.3) is 0 Å². The smallest absolute Gasteiger partial charge is 0.307 e. The van der Waals surface area contributed by atoms with Crippen LogP contribution in [0.4, 0.5) is 0 Å². The van der Waals surface area contributed by atoms with Crippen molar-refractivity contribution in [2.45, 2.75) is 52.2 Å². The second kappa shape index (κ2) is 10.2. The lowest BCUT2D eigenvalue weighted by atomic mass is 9.75. The van der Waals surface area contributed by atoms with Gasteiger partial charge in [-0.1, -0.05) is 31.2 Å². The molecule has 2 atom stereocenters. The predicted octanol–water partition coefficient (Wildman–Crippen LogP) is 4.99. The minimum atomic E-state index is -0.852. The van der Waals surface area contributed by atoms with Gasteiger partial charge in [-0.05, 0) is 72.1 Å². The summed E-state index contributed by atoms with van der Waals surface area (Å²) in [6, 6.07) is 14.2. The van der Waals surface area contributed by atoms with Gasteiger partial charge in [-0.2, -0.15) is 0 Å². The fraction of sp³-hybridized carbons (Fsp3) is 0.414. The molecule has 4 rings (SSSR count). The molecule has 2 N–H and O–H groups in total. The van der Waals surface area contributed by atoms with Crippen molar-refractivity contribution in [1.82, 2.24) is 4.57 Å². The molecule has 0 aliphatic heterocycles. The first-order chi connectivity index (χ1) is 16.7. The number of hydrogen-bond donors (Lipinski definition) is 2. The molecule has 3 aromatic rings. The molecular formula is C29H35NO5. The van der Waals surface area contributed by atoms with Gasteiger partial charge in [0, 0.05) is 30.4 Å². The monoisotopic (exact) mass is 477 g/mol. The number of rotatable bonds is 10. The first kappa shape index (κ1) is 24.9. The Hall–Kier alpha value is -3.25. The fourth-order valence-corrected chi connectivity index (χ4v) is 5.64. The number of carbonyl (C=O) groups is 1. The van der Waals surface area contributed by atoms with Crippen LogP contribution in [0.1, 0.15) is 47.3 Å². The van der Waals surface area contributed by atoms with Gasteiger partial charge in [-0.25, -0.2) is 0 Å². The molecule has 1 aromatic heterocycles. The summed E-state index contributed by atoms with van der Waals surface area (Å²) < 4.78 is 13.1. The highest BCUT2D eigenvalue weighted by Gasteiger charge is 2.37. The maximum atomic E-state index is 11.7. The van der Waals surface area contributed by atoms with Gasteiger partial charge in [0.15, 0.2) is 0 Å². The number of aliphatic hydroxyl groups excluding tert-OH is 1. The van der Waals surface area contributed by atoms with Crippen LogP contribution < -0.4 is 9.47 Å². The molecule has 6 heteroatoms. The van der Waals surface area contributed by atoms with Gasteiger partial charge < -0.3 is 24.3 Å². The lowest BCUT2D eigenvalue weighted by Crippen LogP contribution is -2.28. The Balaban J connectivity index is 1.65. The van der Waals surface area contributed by atoms with E-state index in [4.69, 9.17) is 14.6 Å². The van der Waals surface area contributed by atoms with E-state index in [0.717, 1.165) is 36.0 Å². The van der Waals surface area contributed by atoms with E-state index < -0.39 is 12.1 Å². The molecule has 0 radical (unpaired) electrons. The van der Waals surface area contributed by atoms with E-state index in [2.05, 4.69) is 31.2 Å². The maximum absolute atomic E-state index is 11.7. The fourth-order valence-electron chi connectivity index (χ4n) is 5.64. The number of fused-ring (bicyclic) bond motifs is 1. The van der Waals surface area contributed by atoms with Crippen molar-refractivity contribution in [3.05, 3.63) is 82.7 Å². The first-order valence-electron chi connectivity index (χ1n) is 12.0. The Labute approximate surface area is 207 Å². The number of ether oxygens (including phenoxy) is 2. The minimum absolute atomic E-state index is 0.0143. The quantitative estimate of drug-likeness (QED) is 0.430. The van der Waals surface area contributed by atoms with Gasteiger partial charge in [0.1, 0.15) is 11.5 Å². The summed E-state index contributed by atoms with van der Waals surface area (Å²) in [5.74, 6) is 0.411. The van der Waals surface area contributed by atoms with Crippen LogP contribution in [0.5, 0.6) is 11.5 Å². The van der Waals surface area contributed by atoms with Crippen LogP contribution in [-0.4, -0.2) is 35.0 Å². The number of aliphatic hydroxyl groups is 1. The summed E-state index contributed by atoms with van der Waals surface area (Å²) in [7, 11) is 3.24. The molecule has 0 unspecified atom stereocenters. The van der Waals surface area contributed by atoms with Gasteiger partial charge in [0.05, 0.1) is 26.7 Å². The highest BCUT2D eigenvalue weighted by Crippen LogP contribution is 2.45. The molecule has 6 nitrogen and oxygen atoms in total. The SMILES string of the molecule is COc1cc([C@@H](O)[C@H](Cn2ccc(CC(=O)O)c2)CC2(C)Cc3ccccc3C2)cc(OC)c1C. The molecule has 0 bridgehead atoms. The molecule has 2 aromatic carbocycles. The van der Waals surface area contributed by atoms with Crippen molar-refractivity contribution < 1.29 is 24.5 Å². The predicted molar refractivity (Wildman–Crippen MR) is 135 cm³/mol. The number of nitrogens with zero attached hydrogens (tertiary/aromatic N) is 1. The third-order valence-electron chi connectivity index (χ3n) is 7.28. The Bertz CT molecular complexity index is 1150. The Kier molecular flexibility index (Phi) is 7.22. The van der Waals surface area contributed by atoms with Crippen LogP contribution in [0.3, 0.4) is 0 Å². The molecular weight excluding hydrogens is 442 g/mol. The van der Waals surface area contributed by atoms with Crippen LogP contribution in [-0.2, 0) is 30.6 Å². The summed E-state index contributed by atoms with van der Waals surface area (Å²) in [6.45, 7) is 4.81. The van der Waals surface area contributed by atoms with E-state index in [0.29, 0.717) is 18.0 Å². The van der Waals surface area contributed by atoms with E-state index in [1.54, 1.807) is 14.2 Å². The number of carboxylic acid groups (broad SMARTS) is 1. The molecule has 35 heavy (non-hydrogen) atoms. The van der Waals surface area contributed by atoms with Gasteiger partial charge in [-0.3, -0.25) is 4.79 Å². The van der Waals surface area contributed by atoms with Gasteiger partial charge in [0.2, 0.25) is 0 Å². The standard InChI is InChI=1S/C29H35NO5/c1-19-25(34-3)12-23(13-26(19)35-4)28(33)24(18-30-10-9-20(17-30)11-27(31)32)16-29(2)14-21-7-5-6-8-22(21)15-29/h5-10,12-13,17,24,28,33H,11,14-16,18H2,1-4H3,(H,31,32)/t24-,28+/m0/s1. The summed E-state index contributed by atoms with van der Waals surface area (Å²) in [6.07, 6.45) is 5.78. The Morgan fingerprint density at radius 2 is 1.69 bits per heavy atom. The zero-order chi connectivity index (χ0) is 25.2. The van der Waals surface area contributed by atoms with Crippen molar-refractivity contribution in [3.8, 4) is 11.5 Å². The van der Waals surface area contributed by atoms with Gasteiger partial charge in [-0.15, -0.1) is 0 Å². The van der Waals surface area contributed by atoms with Crippen LogP contribution >= 0.6 is 0 Å². The number of methoxy groups -OCH3 is 2. The van der Waals surface area contributed by atoms with Crippen LogP contribution in [0, 0.1) is 18.3 Å². The molecule has 1 aliphatic carbocycles. The highest BCUT2D eigenvalue weighted by atomic mass is 16.5. The number of aliphatic carboxylic acids is 1. The third-order valence-corrected chi connectivity index (χ3v) is 7.28. The lowest BCUT2D eigenvalue weighted by molar-refractivity contribution is -0.136. The topological polar surface area (TPSA) is 80.9 Å². The molecule has 186 valence electrons. The maximum Gasteiger partial charge on any atom is 0.307 e. The summed E-state index contributed by atoms with van der Waals surface area (Å²) >= 11 is 0. The average Bonchev–Trinajstić information content (AvgIpc) is 3.40. The zero-order valence-corrected chi connectivity index (χ0v) is 21.0. The second-order valence-electron chi connectivity index (χ2n) is 10.2. The van der Waals surface area contributed by atoms with Gasteiger partial charge >= 0.3 is 5.97 Å².